The van der Waals surface area contributed by atoms with Gasteiger partial charge in [-0.15, -0.1) is 0 Å². The quantitative estimate of drug-likeness (QED) is 0.170. The molecule has 7 aromatic carbocycles. The molecule has 60 heavy (non-hydrogen) atoms. The summed E-state index contributed by atoms with van der Waals surface area (Å²) in [5.74, 6) is 0. The van der Waals surface area contributed by atoms with Crippen molar-refractivity contribution in [1.82, 2.24) is 13.7 Å². The Kier molecular flexibility index (Phi) is 8.25. The molecule has 300 valence electrons. The van der Waals surface area contributed by atoms with Gasteiger partial charge in [0.25, 0.3) is 0 Å². The second-order valence-electron chi connectivity index (χ2n) is 20.7. The van der Waals surface area contributed by atoms with Crippen molar-refractivity contribution < 1.29 is 0 Å². The molecule has 0 N–H and O–H groups in total. The SMILES string of the molecule is Cc1ccc2c3ccc(C(C)(C)C)cc3n(-c3cc(-n4c5cc(C)ccc5c5ccc(C(C)(C)C)cc54)cc(-n4c5cc(C)ccc5c5ccc(C(C)(C)C)cc54)c3)c2c1. The lowest BCUT2D eigenvalue weighted by Gasteiger charge is -2.21. The van der Waals surface area contributed by atoms with E-state index in [1.165, 1.54) is 98.8 Å². The standard InChI is InChI=1S/C57H57N3/c1-34-13-19-43-46-22-16-37(55(4,5)6)28-52(46)58(49(43)25-34)40-31-41(59-50-26-35(2)14-20-44(50)47-23-17-38(29-53(47)59)56(7,8)9)33-42(32-40)60-51-27-36(3)15-21-45(51)48-24-18-39(30-54(48)60)57(10,11)12/h13-33H,1-12H3. The summed E-state index contributed by atoms with van der Waals surface area (Å²) in [5, 5.41) is 7.63. The van der Waals surface area contributed by atoms with Crippen LogP contribution >= 0.6 is 0 Å². The molecule has 0 aliphatic rings. The minimum Gasteiger partial charge on any atom is -0.309 e. The average molecular weight is 784 g/mol. The van der Waals surface area contributed by atoms with Gasteiger partial charge in [0.05, 0.1) is 50.2 Å². The van der Waals surface area contributed by atoms with Crippen molar-refractivity contribution in [1.29, 1.82) is 0 Å². The van der Waals surface area contributed by atoms with Crippen molar-refractivity contribution in [3.8, 4) is 17.1 Å². The average Bonchev–Trinajstić information content (AvgIpc) is 3.80. The van der Waals surface area contributed by atoms with Crippen molar-refractivity contribution in [3.63, 3.8) is 0 Å². The maximum absolute atomic E-state index is 2.54. The Labute approximate surface area is 354 Å². The molecule has 0 saturated carbocycles. The highest BCUT2D eigenvalue weighted by atomic mass is 15.0. The molecule has 0 aliphatic heterocycles. The van der Waals surface area contributed by atoms with Gasteiger partial charge in [-0.3, -0.25) is 0 Å². The third kappa shape index (κ3) is 5.99. The van der Waals surface area contributed by atoms with Crippen LogP contribution in [0.2, 0.25) is 0 Å². The van der Waals surface area contributed by atoms with Crippen LogP contribution < -0.4 is 0 Å². The van der Waals surface area contributed by atoms with Crippen LogP contribution in [0.5, 0.6) is 0 Å². The first kappa shape index (κ1) is 38.2. The van der Waals surface area contributed by atoms with E-state index in [9.17, 15) is 0 Å². The van der Waals surface area contributed by atoms with Crippen molar-refractivity contribution in [2.24, 2.45) is 0 Å². The zero-order valence-corrected chi connectivity index (χ0v) is 37.5. The normalized spacial score (nSPS) is 13.0. The number of rotatable bonds is 3. The van der Waals surface area contributed by atoms with Gasteiger partial charge in [0.2, 0.25) is 0 Å². The van der Waals surface area contributed by atoms with Gasteiger partial charge >= 0.3 is 0 Å². The zero-order valence-electron chi connectivity index (χ0n) is 37.5. The second-order valence-corrected chi connectivity index (χ2v) is 20.7. The van der Waals surface area contributed by atoms with Crippen molar-refractivity contribution >= 4 is 65.4 Å². The molecule has 0 amide bonds. The summed E-state index contributed by atoms with van der Waals surface area (Å²) < 4.78 is 7.62. The van der Waals surface area contributed by atoms with Gasteiger partial charge in [0, 0.05) is 32.3 Å². The summed E-state index contributed by atoms with van der Waals surface area (Å²) in [6.07, 6.45) is 0. The summed E-state index contributed by atoms with van der Waals surface area (Å²) in [7, 11) is 0. The summed E-state index contributed by atoms with van der Waals surface area (Å²) in [6.45, 7) is 27.5. The van der Waals surface area contributed by atoms with Gasteiger partial charge in [0.1, 0.15) is 0 Å². The molecule has 10 rings (SSSR count). The third-order valence-electron chi connectivity index (χ3n) is 13.0. The van der Waals surface area contributed by atoms with Crippen molar-refractivity contribution in [3.05, 3.63) is 161 Å². The van der Waals surface area contributed by atoms with Gasteiger partial charge in [-0.1, -0.05) is 135 Å². The molecule has 3 heterocycles. The molecule has 3 heteroatoms. The van der Waals surface area contributed by atoms with E-state index < -0.39 is 0 Å². The van der Waals surface area contributed by atoms with Gasteiger partial charge in [-0.25, -0.2) is 0 Å². The number of hydrogen-bond donors (Lipinski definition) is 0. The number of aromatic nitrogens is 3. The van der Waals surface area contributed by atoms with Crippen LogP contribution in [0.4, 0.5) is 0 Å². The molecule has 3 aromatic heterocycles. The fourth-order valence-electron chi connectivity index (χ4n) is 9.59. The second kappa shape index (κ2) is 13.0. The molecule has 0 atom stereocenters. The number of aryl methyl sites for hydroxylation is 3. The van der Waals surface area contributed by atoms with E-state index in [0.29, 0.717) is 0 Å². The van der Waals surface area contributed by atoms with Crippen LogP contribution in [0.15, 0.2) is 127 Å². The maximum atomic E-state index is 2.54. The molecule has 0 saturated heterocycles. The monoisotopic (exact) mass is 783 g/mol. The number of nitrogens with zero attached hydrogens (tertiary/aromatic N) is 3. The Bertz CT molecular complexity index is 3020. The molecular weight excluding hydrogens is 727 g/mol. The van der Waals surface area contributed by atoms with E-state index >= 15 is 0 Å². The first-order valence-electron chi connectivity index (χ1n) is 21.7. The molecule has 0 bridgehead atoms. The molecule has 0 unspecified atom stereocenters. The van der Waals surface area contributed by atoms with Crippen LogP contribution in [0.1, 0.15) is 95.7 Å². The highest BCUT2D eigenvalue weighted by Crippen LogP contribution is 2.42. The smallest absolute Gasteiger partial charge is 0.0544 e. The van der Waals surface area contributed by atoms with E-state index in [2.05, 4.69) is 224 Å². The topological polar surface area (TPSA) is 14.8 Å². The first-order valence-corrected chi connectivity index (χ1v) is 21.7. The van der Waals surface area contributed by atoms with E-state index in [-0.39, 0.29) is 16.2 Å². The minimum atomic E-state index is -0.00438. The van der Waals surface area contributed by atoms with Crippen LogP contribution in [-0.2, 0) is 16.2 Å². The summed E-state index contributed by atoms with van der Waals surface area (Å²) in [5.41, 5.74) is 18.5. The largest absolute Gasteiger partial charge is 0.309 e. The zero-order chi connectivity index (χ0) is 42.2. The highest BCUT2D eigenvalue weighted by Gasteiger charge is 2.24. The van der Waals surface area contributed by atoms with Crippen LogP contribution in [0.3, 0.4) is 0 Å². The van der Waals surface area contributed by atoms with E-state index in [0.717, 1.165) is 17.1 Å². The lowest BCUT2D eigenvalue weighted by atomic mass is 9.86. The van der Waals surface area contributed by atoms with Crippen LogP contribution in [0, 0.1) is 20.8 Å². The van der Waals surface area contributed by atoms with E-state index in [1.807, 2.05) is 0 Å². The Hall–Kier alpha value is -6.06. The van der Waals surface area contributed by atoms with Crippen LogP contribution in [-0.4, -0.2) is 13.7 Å². The van der Waals surface area contributed by atoms with Gasteiger partial charge in [-0.2, -0.15) is 0 Å². The molecule has 0 aliphatic carbocycles. The number of hydrogen-bond acceptors (Lipinski definition) is 0. The summed E-state index contributed by atoms with van der Waals surface area (Å²) >= 11 is 0. The Morgan fingerprint density at radius 3 is 0.717 bits per heavy atom. The first-order chi connectivity index (χ1) is 28.3. The fraction of sp³-hybridized carbons (Fsp3) is 0.263. The number of benzene rings is 7. The molecule has 0 radical (unpaired) electrons. The predicted octanol–water partition coefficient (Wildman–Crippen LogP) is 15.8. The fourth-order valence-corrected chi connectivity index (χ4v) is 9.59. The molecule has 10 aromatic rings. The molecular formula is C57H57N3. The summed E-state index contributed by atoms with van der Waals surface area (Å²) in [4.78, 5) is 0. The molecule has 0 fully saturated rings. The lowest BCUT2D eigenvalue weighted by molar-refractivity contribution is 0.590. The Morgan fingerprint density at radius 2 is 0.483 bits per heavy atom. The lowest BCUT2D eigenvalue weighted by Crippen LogP contribution is -2.11. The predicted molar refractivity (Wildman–Crippen MR) is 260 cm³/mol. The highest BCUT2D eigenvalue weighted by molar-refractivity contribution is 6.12. The van der Waals surface area contributed by atoms with Crippen LogP contribution in [0.25, 0.3) is 82.5 Å². The van der Waals surface area contributed by atoms with E-state index in [4.69, 9.17) is 0 Å². The summed E-state index contributed by atoms with van der Waals surface area (Å²) in [6, 6.07) is 49.5. The van der Waals surface area contributed by atoms with E-state index in [1.54, 1.807) is 0 Å². The third-order valence-corrected chi connectivity index (χ3v) is 13.0. The molecule has 0 spiro atoms. The Morgan fingerprint density at radius 1 is 0.267 bits per heavy atom. The van der Waals surface area contributed by atoms with Crippen molar-refractivity contribution in [2.45, 2.75) is 99.3 Å². The van der Waals surface area contributed by atoms with Crippen molar-refractivity contribution in [2.75, 3.05) is 0 Å². The van der Waals surface area contributed by atoms with Gasteiger partial charge < -0.3 is 13.7 Å². The van der Waals surface area contributed by atoms with Gasteiger partial charge in [-0.05, 0) is 125 Å². The van der Waals surface area contributed by atoms with Gasteiger partial charge in [0.15, 0.2) is 0 Å². The Balaban J connectivity index is 1.41. The molecule has 3 nitrogen and oxygen atoms in total. The minimum absolute atomic E-state index is 0.00438. The number of fused-ring (bicyclic) bond motifs is 9. The maximum Gasteiger partial charge on any atom is 0.0544 e.